The highest BCUT2D eigenvalue weighted by atomic mass is 16.2. The second kappa shape index (κ2) is 5.97. The van der Waals surface area contributed by atoms with Crippen LogP contribution in [0, 0.1) is 23.7 Å². The van der Waals surface area contributed by atoms with E-state index in [-0.39, 0.29) is 54.4 Å². The number of aromatic nitrogens is 2. The molecule has 1 aliphatic heterocycles. The number of hydrogen-bond acceptors (Lipinski definition) is 5. The molecule has 1 aromatic heterocycles. The van der Waals surface area contributed by atoms with Crippen LogP contribution in [0.15, 0.2) is 42.7 Å². The van der Waals surface area contributed by atoms with E-state index in [9.17, 15) is 14.4 Å². The van der Waals surface area contributed by atoms with E-state index in [1.165, 1.54) is 4.90 Å². The van der Waals surface area contributed by atoms with Crippen LogP contribution in [0.3, 0.4) is 0 Å². The van der Waals surface area contributed by atoms with Gasteiger partial charge in [0.2, 0.25) is 17.7 Å². The minimum Gasteiger partial charge on any atom is -0.326 e. The van der Waals surface area contributed by atoms with E-state index in [4.69, 9.17) is 0 Å². The number of carbonyl (C=O) groups excluding carboxylic acids is 3. The fourth-order valence-electron chi connectivity index (χ4n) is 4.66. The Morgan fingerprint density at radius 1 is 1.04 bits per heavy atom. The van der Waals surface area contributed by atoms with Crippen LogP contribution in [0.25, 0.3) is 11.0 Å². The van der Waals surface area contributed by atoms with Gasteiger partial charge in [-0.3, -0.25) is 29.3 Å². The van der Waals surface area contributed by atoms with E-state index < -0.39 is 0 Å². The van der Waals surface area contributed by atoms with E-state index in [2.05, 4.69) is 27.4 Å². The van der Waals surface area contributed by atoms with E-state index in [1.54, 1.807) is 30.6 Å². The number of nitrogens with one attached hydrogen (secondary N) is 1. The zero-order valence-corrected chi connectivity index (χ0v) is 14.5. The Balaban J connectivity index is 1.23. The number of carbonyl (C=O) groups is 3. The van der Waals surface area contributed by atoms with Gasteiger partial charge >= 0.3 is 0 Å². The summed E-state index contributed by atoms with van der Waals surface area (Å²) in [5, 5.41) is 2.80. The maximum absolute atomic E-state index is 12.6. The lowest BCUT2D eigenvalue weighted by Crippen LogP contribution is -2.35. The Morgan fingerprint density at radius 3 is 2.41 bits per heavy atom. The average molecular weight is 362 g/mol. The number of amides is 3. The van der Waals surface area contributed by atoms with Crippen LogP contribution in [0.2, 0.25) is 0 Å². The fourth-order valence-corrected chi connectivity index (χ4v) is 4.66. The Hall–Kier alpha value is -3.09. The summed E-state index contributed by atoms with van der Waals surface area (Å²) < 4.78 is 0. The summed E-state index contributed by atoms with van der Waals surface area (Å²) in [6, 6.07) is 5.30. The summed E-state index contributed by atoms with van der Waals surface area (Å²) in [4.78, 5) is 47.2. The fraction of sp³-hybridized carbons (Fsp3) is 0.350. The first-order valence-corrected chi connectivity index (χ1v) is 9.16. The van der Waals surface area contributed by atoms with Crippen molar-refractivity contribution in [1.29, 1.82) is 0 Å². The maximum Gasteiger partial charge on any atom is 0.233 e. The van der Waals surface area contributed by atoms with Crippen molar-refractivity contribution in [3.8, 4) is 0 Å². The van der Waals surface area contributed by atoms with Gasteiger partial charge in [-0.05, 0) is 36.5 Å². The Bertz CT molecular complexity index is 972. The van der Waals surface area contributed by atoms with Crippen LogP contribution in [0.1, 0.15) is 12.8 Å². The first kappa shape index (κ1) is 16.1. The van der Waals surface area contributed by atoms with Crippen molar-refractivity contribution in [1.82, 2.24) is 14.9 Å². The monoisotopic (exact) mass is 362 g/mol. The third kappa shape index (κ3) is 2.53. The third-order valence-corrected chi connectivity index (χ3v) is 5.88. The molecule has 3 amide bonds. The molecule has 0 spiro atoms. The van der Waals surface area contributed by atoms with Crippen LogP contribution in [-0.4, -0.2) is 39.1 Å². The van der Waals surface area contributed by atoms with Crippen LogP contribution in [0.5, 0.6) is 0 Å². The number of hydrogen-bond donors (Lipinski definition) is 1. The summed E-state index contributed by atoms with van der Waals surface area (Å²) in [5.41, 5.74) is 2.06. The van der Waals surface area contributed by atoms with Crippen LogP contribution >= 0.6 is 0 Å². The molecule has 2 fully saturated rings. The summed E-state index contributed by atoms with van der Waals surface area (Å²) in [6.45, 7) is 0.128. The summed E-state index contributed by atoms with van der Waals surface area (Å²) in [7, 11) is 0. The standard InChI is InChI=1S/C20H18N4O3/c25-16(23-13-3-4-14-15(10-13)22-7-6-21-14)5-8-24-19(26)17-11-1-2-12(9-11)18(17)20(24)27/h1-4,6-7,10-12,17-18H,5,8-9H2,(H,23,25)/t11-,12-,17+,18+/m0/s1. The van der Waals surface area contributed by atoms with E-state index in [0.717, 1.165) is 11.9 Å². The highest BCUT2D eigenvalue weighted by Gasteiger charge is 2.58. The lowest BCUT2D eigenvalue weighted by Gasteiger charge is -2.17. The van der Waals surface area contributed by atoms with Gasteiger partial charge in [-0.1, -0.05) is 12.2 Å². The Morgan fingerprint density at radius 2 is 1.70 bits per heavy atom. The molecular weight excluding hydrogens is 344 g/mol. The number of fused-ring (bicyclic) bond motifs is 6. The molecule has 7 heteroatoms. The molecule has 4 atom stereocenters. The molecule has 1 saturated heterocycles. The van der Waals surface area contributed by atoms with Gasteiger partial charge in [-0.2, -0.15) is 0 Å². The van der Waals surface area contributed by atoms with Gasteiger partial charge < -0.3 is 5.32 Å². The molecule has 1 N–H and O–H groups in total. The van der Waals surface area contributed by atoms with Gasteiger partial charge in [0.1, 0.15) is 0 Å². The lowest BCUT2D eigenvalue weighted by molar-refractivity contribution is -0.140. The van der Waals surface area contributed by atoms with Gasteiger partial charge in [0.25, 0.3) is 0 Å². The molecule has 136 valence electrons. The number of likely N-dealkylation sites (tertiary alicyclic amines) is 1. The number of imide groups is 1. The summed E-state index contributed by atoms with van der Waals surface area (Å²) >= 11 is 0. The molecule has 7 nitrogen and oxygen atoms in total. The van der Waals surface area contributed by atoms with Crippen molar-refractivity contribution in [2.75, 3.05) is 11.9 Å². The van der Waals surface area contributed by atoms with E-state index in [1.807, 2.05) is 0 Å². The second-order valence-electron chi connectivity index (χ2n) is 7.39. The number of anilines is 1. The molecule has 2 aromatic rings. The summed E-state index contributed by atoms with van der Waals surface area (Å²) in [6.07, 6.45) is 8.33. The maximum atomic E-state index is 12.6. The van der Waals surface area contributed by atoms with Crippen molar-refractivity contribution in [2.24, 2.45) is 23.7 Å². The predicted octanol–water partition coefficient (Wildman–Crippen LogP) is 1.77. The minimum atomic E-state index is -0.239. The van der Waals surface area contributed by atoms with Gasteiger partial charge in [0, 0.05) is 31.0 Å². The van der Waals surface area contributed by atoms with Crippen molar-refractivity contribution >= 4 is 34.4 Å². The molecule has 2 heterocycles. The zero-order chi connectivity index (χ0) is 18.5. The summed E-state index contributed by atoms with van der Waals surface area (Å²) in [5.74, 6) is -0.518. The molecule has 0 radical (unpaired) electrons. The second-order valence-corrected chi connectivity index (χ2v) is 7.39. The van der Waals surface area contributed by atoms with Gasteiger partial charge in [-0.25, -0.2) is 0 Å². The molecule has 0 unspecified atom stereocenters. The number of rotatable bonds is 4. The van der Waals surface area contributed by atoms with Crippen LogP contribution in [-0.2, 0) is 14.4 Å². The molecule has 27 heavy (non-hydrogen) atoms. The first-order valence-electron chi connectivity index (χ1n) is 9.16. The molecule has 2 aliphatic carbocycles. The molecule has 3 aliphatic rings. The number of benzene rings is 1. The molecule has 1 aromatic carbocycles. The molecule has 1 saturated carbocycles. The first-order chi connectivity index (χ1) is 13.1. The SMILES string of the molecule is O=C(CCN1C(=O)[C@H]2[C@H](C1=O)[C@H]1C=C[C@H]2C1)Nc1ccc2nccnc2c1. The quantitative estimate of drug-likeness (QED) is 0.661. The van der Waals surface area contributed by atoms with E-state index >= 15 is 0 Å². The third-order valence-electron chi connectivity index (χ3n) is 5.88. The topological polar surface area (TPSA) is 92.3 Å². The van der Waals surface area contributed by atoms with Gasteiger partial charge in [-0.15, -0.1) is 0 Å². The van der Waals surface area contributed by atoms with Crippen molar-refractivity contribution in [3.63, 3.8) is 0 Å². The highest BCUT2D eigenvalue weighted by molar-refractivity contribution is 6.06. The molecular formula is C20H18N4O3. The number of nitrogens with zero attached hydrogens (tertiary/aromatic N) is 3. The largest absolute Gasteiger partial charge is 0.326 e. The molecule has 2 bridgehead atoms. The van der Waals surface area contributed by atoms with Crippen molar-refractivity contribution in [2.45, 2.75) is 12.8 Å². The van der Waals surface area contributed by atoms with Gasteiger partial charge in [0.05, 0.1) is 22.9 Å². The number of allylic oxidation sites excluding steroid dienone is 2. The molecule has 5 rings (SSSR count). The van der Waals surface area contributed by atoms with E-state index in [0.29, 0.717) is 11.2 Å². The predicted molar refractivity (Wildman–Crippen MR) is 97.2 cm³/mol. The van der Waals surface area contributed by atoms with Crippen LogP contribution < -0.4 is 5.32 Å². The lowest BCUT2D eigenvalue weighted by atomic mass is 9.85. The minimum absolute atomic E-state index is 0.0815. The highest BCUT2D eigenvalue weighted by Crippen LogP contribution is 2.52. The average Bonchev–Trinajstić information content (AvgIpc) is 3.35. The Labute approximate surface area is 155 Å². The smallest absolute Gasteiger partial charge is 0.233 e. The zero-order valence-electron chi connectivity index (χ0n) is 14.5. The van der Waals surface area contributed by atoms with Gasteiger partial charge in [0.15, 0.2) is 0 Å². The Kier molecular flexibility index (Phi) is 3.56. The van der Waals surface area contributed by atoms with Crippen molar-refractivity contribution < 1.29 is 14.4 Å². The normalized spacial score (nSPS) is 28.2. The van der Waals surface area contributed by atoms with Crippen LogP contribution in [0.4, 0.5) is 5.69 Å². The van der Waals surface area contributed by atoms with Crippen molar-refractivity contribution in [3.05, 3.63) is 42.7 Å².